The first kappa shape index (κ1) is 17.0. The number of para-hydroxylation sites is 2. The number of hydrogen-bond acceptors (Lipinski definition) is 4. The van der Waals surface area contributed by atoms with Gasteiger partial charge in [0, 0.05) is 31.7 Å². The van der Waals surface area contributed by atoms with E-state index in [9.17, 15) is 18.7 Å². The molecule has 7 heteroatoms. The summed E-state index contributed by atoms with van der Waals surface area (Å²) in [5.41, 5.74) is 1.05. The third-order valence-corrected chi connectivity index (χ3v) is 4.10. The van der Waals surface area contributed by atoms with Crippen LogP contribution in [0, 0.1) is 0 Å². The summed E-state index contributed by atoms with van der Waals surface area (Å²) in [4.78, 5) is 16.2. The van der Waals surface area contributed by atoms with Crippen molar-refractivity contribution in [3.8, 4) is 11.5 Å². The number of anilines is 1. The first-order chi connectivity index (χ1) is 12.0. The van der Waals surface area contributed by atoms with Gasteiger partial charge in [-0.25, -0.2) is 0 Å². The van der Waals surface area contributed by atoms with E-state index in [1.54, 1.807) is 23.1 Å². The first-order valence-electron chi connectivity index (χ1n) is 7.91. The Hall–Kier alpha value is -2.83. The minimum atomic E-state index is -2.92. The highest BCUT2D eigenvalue weighted by Crippen LogP contribution is 2.27. The fourth-order valence-electron chi connectivity index (χ4n) is 2.87. The number of amides is 1. The van der Waals surface area contributed by atoms with E-state index in [-0.39, 0.29) is 17.4 Å². The number of halogens is 2. The summed E-state index contributed by atoms with van der Waals surface area (Å²) in [5.74, 6) is -0.0514. The first-order valence-corrected chi connectivity index (χ1v) is 7.91. The van der Waals surface area contributed by atoms with Crippen LogP contribution >= 0.6 is 0 Å². The molecule has 1 aliphatic rings. The van der Waals surface area contributed by atoms with Crippen molar-refractivity contribution in [3.63, 3.8) is 0 Å². The van der Waals surface area contributed by atoms with E-state index in [1.807, 2.05) is 17.0 Å². The van der Waals surface area contributed by atoms with Crippen molar-refractivity contribution in [1.29, 1.82) is 0 Å². The lowest BCUT2D eigenvalue weighted by Gasteiger charge is -2.36. The highest BCUT2D eigenvalue weighted by atomic mass is 19.3. The fourth-order valence-corrected chi connectivity index (χ4v) is 2.87. The maximum absolute atomic E-state index is 12.6. The Bertz CT molecular complexity index is 747. The molecule has 0 aromatic heterocycles. The molecule has 2 aromatic rings. The van der Waals surface area contributed by atoms with Gasteiger partial charge in [-0.3, -0.25) is 4.79 Å². The van der Waals surface area contributed by atoms with Crippen LogP contribution in [0.5, 0.6) is 11.5 Å². The summed E-state index contributed by atoms with van der Waals surface area (Å²) in [5, 5.41) is 9.92. The normalized spacial score (nSPS) is 14.7. The fraction of sp³-hybridized carbons (Fsp3) is 0.278. The molecule has 132 valence electrons. The number of carbonyl (C=O) groups excluding carboxylic acids is 1. The summed E-state index contributed by atoms with van der Waals surface area (Å²) in [7, 11) is 0. The number of rotatable bonds is 4. The van der Waals surface area contributed by atoms with Crippen molar-refractivity contribution in [2.24, 2.45) is 0 Å². The molecule has 0 saturated carbocycles. The molecule has 1 fully saturated rings. The SMILES string of the molecule is O=C(c1cccc(OC(F)F)c1)N1CCN(c2ccccc2O)CC1. The number of hydrogen-bond donors (Lipinski definition) is 1. The van der Waals surface area contributed by atoms with E-state index < -0.39 is 6.61 Å². The van der Waals surface area contributed by atoms with Crippen LogP contribution in [0.15, 0.2) is 48.5 Å². The molecule has 0 unspecified atom stereocenters. The quantitative estimate of drug-likeness (QED) is 0.923. The standard InChI is InChI=1S/C18H18F2N2O3/c19-18(20)25-14-5-3-4-13(12-14)17(24)22-10-8-21(9-11-22)15-6-1-2-7-16(15)23/h1-7,12,18,23H,8-11H2. The zero-order valence-electron chi connectivity index (χ0n) is 13.4. The van der Waals surface area contributed by atoms with Gasteiger partial charge in [-0.1, -0.05) is 18.2 Å². The summed E-state index contributed by atoms with van der Waals surface area (Å²) in [6.45, 7) is -0.805. The molecule has 0 spiro atoms. The largest absolute Gasteiger partial charge is 0.506 e. The number of phenols is 1. The molecule has 0 aliphatic carbocycles. The minimum Gasteiger partial charge on any atom is -0.506 e. The molecular weight excluding hydrogens is 330 g/mol. The van der Waals surface area contributed by atoms with Crippen molar-refractivity contribution in [2.75, 3.05) is 31.1 Å². The number of aromatic hydroxyl groups is 1. The summed E-state index contributed by atoms with van der Waals surface area (Å²) >= 11 is 0. The van der Waals surface area contributed by atoms with Crippen molar-refractivity contribution in [1.82, 2.24) is 4.90 Å². The second kappa shape index (κ2) is 7.38. The summed E-state index contributed by atoms with van der Waals surface area (Å²) in [6.07, 6.45) is 0. The van der Waals surface area contributed by atoms with Crippen molar-refractivity contribution >= 4 is 11.6 Å². The Morgan fingerprint density at radius 2 is 1.76 bits per heavy atom. The minimum absolute atomic E-state index is 0.0336. The predicted octanol–water partition coefficient (Wildman–Crippen LogP) is 2.96. The molecule has 0 bridgehead atoms. The number of ether oxygens (including phenoxy) is 1. The summed E-state index contributed by atoms with van der Waals surface area (Å²) < 4.78 is 28.9. The molecule has 2 aromatic carbocycles. The Labute approximate surface area is 144 Å². The van der Waals surface area contributed by atoms with E-state index >= 15 is 0 Å². The molecular formula is C18H18F2N2O3. The van der Waals surface area contributed by atoms with Crippen LogP contribution in [0.25, 0.3) is 0 Å². The monoisotopic (exact) mass is 348 g/mol. The van der Waals surface area contributed by atoms with E-state index in [0.29, 0.717) is 31.7 Å². The van der Waals surface area contributed by atoms with Gasteiger partial charge in [0.25, 0.3) is 5.91 Å². The Balaban J connectivity index is 1.65. The maximum Gasteiger partial charge on any atom is 0.387 e. The topological polar surface area (TPSA) is 53.0 Å². The molecule has 3 rings (SSSR count). The van der Waals surface area contributed by atoms with Crippen LogP contribution in [0.2, 0.25) is 0 Å². The van der Waals surface area contributed by atoms with Gasteiger partial charge in [0.05, 0.1) is 5.69 Å². The van der Waals surface area contributed by atoms with Crippen molar-refractivity contribution in [3.05, 3.63) is 54.1 Å². The highest BCUT2D eigenvalue weighted by molar-refractivity contribution is 5.94. The van der Waals surface area contributed by atoms with Crippen LogP contribution in [0.3, 0.4) is 0 Å². The third kappa shape index (κ3) is 3.99. The van der Waals surface area contributed by atoms with Gasteiger partial charge in [0.1, 0.15) is 11.5 Å². The lowest BCUT2D eigenvalue weighted by atomic mass is 10.1. The zero-order chi connectivity index (χ0) is 17.8. The molecule has 1 heterocycles. The molecule has 1 N–H and O–H groups in total. The van der Waals surface area contributed by atoms with Crippen LogP contribution in [0.4, 0.5) is 14.5 Å². The van der Waals surface area contributed by atoms with Crippen molar-refractivity contribution < 1.29 is 23.4 Å². The second-order valence-electron chi connectivity index (χ2n) is 5.67. The number of nitrogens with zero attached hydrogens (tertiary/aromatic N) is 2. The maximum atomic E-state index is 12.6. The highest BCUT2D eigenvalue weighted by Gasteiger charge is 2.23. The Morgan fingerprint density at radius 3 is 2.44 bits per heavy atom. The van der Waals surface area contributed by atoms with Gasteiger partial charge in [-0.2, -0.15) is 8.78 Å². The number of benzene rings is 2. The number of carbonyl (C=O) groups is 1. The van der Waals surface area contributed by atoms with Crippen LogP contribution < -0.4 is 9.64 Å². The molecule has 1 saturated heterocycles. The van der Waals surface area contributed by atoms with Gasteiger partial charge < -0.3 is 19.6 Å². The lowest BCUT2D eigenvalue weighted by Crippen LogP contribution is -2.48. The molecule has 1 amide bonds. The average molecular weight is 348 g/mol. The van der Waals surface area contributed by atoms with E-state index in [1.165, 1.54) is 18.2 Å². The van der Waals surface area contributed by atoms with Gasteiger partial charge in [0.2, 0.25) is 0 Å². The molecule has 0 atom stereocenters. The van der Waals surface area contributed by atoms with Gasteiger partial charge in [-0.05, 0) is 30.3 Å². The van der Waals surface area contributed by atoms with Crippen LogP contribution in [-0.2, 0) is 0 Å². The second-order valence-corrected chi connectivity index (χ2v) is 5.67. The molecule has 0 radical (unpaired) electrons. The third-order valence-electron chi connectivity index (χ3n) is 4.10. The van der Waals surface area contributed by atoms with Crippen LogP contribution in [0.1, 0.15) is 10.4 Å². The smallest absolute Gasteiger partial charge is 0.387 e. The van der Waals surface area contributed by atoms with E-state index in [2.05, 4.69) is 4.74 Å². The van der Waals surface area contributed by atoms with Gasteiger partial charge in [0.15, 0.2) is 0 Å². The number of piperazine rings is 1. The predicted molar refractivity (Wildman–Crippen MR) is 89.3 cm³/mol. The Morgan fingerprint density at radius 1 is 1.04 bits per heavy atom. The number of alkyl halides is 2. The lowest BCUT2D eigenvalue weighted by molar-refractivity contribution is -0.0499. The van der Waals surface area contributed by atoms with Gasteiger partial charge in [-0.15, -0.1) is 0 Å². The average Bonchev–Trinajstić information content (AvgIpc) is 2.61. The molecule has 5 nitrogen and oxygen atoms in total. The molecule has 25 heavy (non-hydrogen) atoms. The molecule has 1 aliphatic heterocycles. The van der Waals surface area contributed by atoms with Gasteiger partial charge >= 0.3 is 6.61 Å². The Kier molecular flexibility index (Phi) is 5.02. The van der Waals surface area contributed by atoms with Crippen LogP contribution in [-0.4, -0.2) is 48.7 Å². The summed E-state index contributed by atoms with van der Waals surface area (Å²) in [6, 6.07) is 12.9. The van der Waals surface area contributed by atoms with E-state index in [0.717, 1.165) is 5.69 Å². The van der Waals surface area contributed by atoms with Crippen molar-refractivity contribution in [2.45, 2.75) is 6.61 Å². The zero-order valence-corrected chi connectivity index (χ0v) is 13.4. The van der Waals surface area contributed by atoms with E-state index in [4.69, 9.17) is 0 Å². The number of phenolic OH excluding ortho intramolecular Hbond substituents is 1.